The van der Waals surface area contributed by atoms with Crippen LogP contribution in [0.1, 0.15) is 25.8 Å². The van der Waals surface area contributed by atoms with E-state index in [1.165, 1.54) is 0 Å². The molecule has 2 aromatic rings. The van der Waals surface area contributed by atoms with Crippen LogP contribution in [0.5, 0.6) is 5.75 Å². The number of carbonyl (C=O) groups excluding carboxylic acids is 1. The van der Waals surface area contributed by atoms with Crippen LogP contribution in [-0.4, -0.2) is 18.1 Å². The Hall–Kier alpha value is -2.07. The van der Waals surface area contributed by atoms with Crippen LogP contribution in [-0.2, 0) is 11.2 Å². The molecule has 2 atom stereocenters. The maximum Gasteiger partial charge on any atom is 0.258 e. The van der Waals surface area contributed by atoms with Gasteiger partial charge in [-0.25, -0.2) is 0 Å². The largest absolute Gasteiger partial charge is 0.481 e. The molecule has 2 aromatic carbocycles. The zero-order valence-electron chi connectivity index (χ0n) is 12.5. The van der Waals surface area contributed by atoms with Crippen molar-refractivity contribution in [2.24, 2.45) is 11.5 Å². The molecule has 0 radical (unpaired) electrons. The average molecular weight is 286 g/mol. The molecule has 0 spiro atoms. The molecule has 4 heteroatoms. The number of benzene rings is 2. The summed E-state index contributed by atoms with van der Waals surface area (Å²) >= 11 is 0. The number of rotatable bonds is 6. The third-order valence-corrected chi connectivity index (χ3v) is 3.69. The average Bonchev–Trinajstić information content (AvgIpc) is 2.49. The first-order valence-electron chi connectivity index (χ1n) is 7.25. The Bertz CT molecular complexity index is 640. The van der Waals surface area contributed by atoms with Gasteiger partial charge in [0.2, 0.25) is 0 Å². The minimum absolute atomic E-state index is 0.0574. The second-order valence-electron chi connectivity index (χ2n) is 5.30. The zero-order chi connectivity index (χ0) is 15.4. The van der Waals surface area contributed by atoms with Gasteiger partial charge in [0.25, 0.3) is 5.91 Å². The van der Waals surface area contributed by atoms with E-state index in [0.717, 1.165) is 22.8 Å². The Morgan fingerprint density at radius 1 is 1.24 bits per heavy atom. The highest BCUT2D eigenvalue weighted by atomic mass is 16.5. The van der Waals surface area contributed by atoms with Gasteiger partial charge in [0.15, 0.2) is 6.10 Å². The predicted molar refractivity (Wildman–Crippen MR) is 85.2 cm³/mol. The molecule has 112 valence electrons. The zero-order valence-corrected chi connectivity index (χ0v) is 12.5. The summed E-state index contributed by atoms with van der Waals surface area (Å²) in [6.45, 7) is 3.71. The van der Waals surface area contributed by atoms with Gasteiger partial charge in [-0.05, 0) is 36.6 Å². The van der Waals surface area contributed by atoms with Gasteiger partial charge < -0.3 is 16.2 Å². The summed E-state index contributed by atoms with van der Waals surface area (Å²) in [6.07, 6.45) is 0.926. The van der Waals surface area contributed by atoms with Gasteiger partial charge >= 0.3 is 0 Å². The summed E-state index contributed by atoms with van der Waals surface area (Å²) in [7, 11) is 0. The highest BCUT2D eigenvalue weighted by Crippen LogP contribution is 2.30. The molecule has 0 saturated heterocycles. The molecule has 0 aliphatic rings. The normalized spacial score (nSPS) is 13.9. The summed E-state index contributed by atoms with van der Waals surface area (Å²) < 4.78 is 5.73. The molecular formula is C17H22N2O2. The van der Waals surface area contributed by atoms with Gasteiger partial charge in [0.05, 0.1) is 0 Å². The van der Waals surface area contributed by atoms with Crippen molar-refractivity contribution < 1.29 is 9.53 Å². The van der Waals surface area contributed by atoms with Crippen molar-refractivity contribution in [3.05, 3.63) is 42.0 Å². The summed E-state index contributed by atoms with van der Waals surface area (Å²) in [5, 5.41) is 2.24. The van der Waals surface area contributed by atoms with Crippen LogP contribution >= 0.6 is 0 Å². The lowest BCUT2D eigenvalue weighted by Gasteiger charge is -2.19. The Morgan fingerprint density at radius 3 is 2.62 bits per heavy atom. The predicted octanol–water partition coefficient (Wildman–Crippen LogP) is 2.37. The number of amides is 1. The molecule has 0 aromatic heterocycles. The minimum atomic E-state index is -0.664. The summed E-state index contributed by atoms with van der Waals surface area (Å²) in [6, 6.07) is 12.0. The number of hydrogen-bond donors (Lipinski definition) is 2. The molecule has 1 amide bonds. The molecule has 2 unspecified atom stereocenters. The fourth-order valence-electron chi connectivity index (χ4n) is 2.29. The van der Waals surface area contributed by atoms with Crippen LogP contribution in [0.2, 0.25) is 0 Å². The monoisotopic (exact) mass is 286 g/mol. The Kier molecular flexibility index (Phi) is 4.81. The van der Waals surface area contributed by atoms with E-state index in [1.807, 2.05) is 24.3 Å². The van der Waals surface area contributed by atoms with Crippen molar-refractivity contribution in [3.8, 4) is 5.75 Å². The SMILES string of the molecule is CCC(N)Cc1c(OC(C)C(N)=O)ccc2ccccc12. The molecule has 4 nitrogen and oxygen atoms in total. The van der Waals surface area contributed by atoms with Gasteiger partial charge in [-0.2, -0.15) is 0 Å². The van der Waals surface area contributed by atoms with Crippen LogP contribution in [0.3, 0.4) is 0 Å². The van der Waals surface area contributed by atoms with Crippen LogP contribution in [0.15, 0.2) is 36.4 Å². The maximum atomic E-state index is 11.2. The highest BCUT2D eigenvalue weighted by molar-refractivity contribution is 5.88. The van der Waals surface area contributed by atoms with Crippen LogP contribution in [0.25, 0.3) is 10.8 Å². The third kappa shape index (κ3) is 3.52. The lowest BCUT2D eigenvalue weighted by molar-refractivity contribution is -0.123. The molecule has 2 rings (SSSR count). The molecular weight excluding hydrogens is 264 g/mol. The van der Waals surface area contributed by atoms with E-state index in [0.29, 0.717) is 12.2 Å². The first-order chi connectivity index (χ1) is 10.0. The van der Waals surface area contributed by atoms with E-state index in [9.17, 15) is 4.79 Å². The van der Waals surface area contributed by atoms with Crippen LogP contribution in [0, 0.1) is 0 Å². The second-order valence-corrected chi connectivity index (χ2v) is 5.30. The van der Waals surface area contributed by atoms with Crippen LogP contribution in [0.4, 0.5) is 0 Å². The number of ether oxygens (including phenoxy) is 1. The molecule has 21 heavy (non-hydrogen) atoms. The van der Waals surface area contributed by atoms with Crippen molar-refractivity contribution in [1.82, 2.24) is 0 Å². The molecule has 0 fully saturated rings. The Labute approximate surface area is 125 Å². The van der Waals surface area contributed by atoms with E-state index >= 15 is 0 Å². The van der Waals surface area contributed by atoms with Crippen molar-refractivity contribution in [2.45, 2.75) is 38.8 Å². The topological polar surface area (TPSA) is 78.3 Å². The summed E-state index contributed by atoms with van der Waals surface area (Å²) in [5.74, 6) is 0.206. The van der Waals surface area contributed by atoms with Crippen molar-refractivity contribution in [3.63, 3.8) is 0 Å². The first-order valence-corrected chi connectivity index (χ1v) is 7.25. The quantitative estimate of drug-likeness (QED) is 0.855. The van der Waals surface area contributed by atoms with E-state index in [1.54, 1.807) is 6.92 Å². The summed E-state index contributed by atoms with van der Waals surface area (Å²) in [5.41, 5.74) is 12.4. The maximum absolute atomic E-state index is 11.2. The number of carbonyl (C=O) groups is 1. The van der Waals surface area contributed by atoms with Gasteiger partial charge in [0, 0.05) is 11.6 Å². The summed E-state index contributed by atoms with van der Waals surface area (Å²) in [4.78, 5) is 11.2. The second kappa shape index (κ2) is 6.59. The van der Waals surface area contributed by atoms with E-state index in [2.05, 4.69) is 19.1 Å². The molecule has 0 aliphatic carbocycles. The lowest BCUT2D eigenvalue weighted by Crippen LogP contribution is -2.31. The molecule has 0 bridgehead atoms. The minimum Gasteiger partial charge on any atom is -0.481 e. The van der Waals surface area contributed by atoms with E-state index < -0.39 is 12.0 Å². The number of primary amides is 1. The first kappa shape index (κ1) is 15.3. The van der Waals surface area contributed by atoms with Crippen LogP contribution < -0.4 is 16.2 Å². The molecule has 0 aliphatic heterocycles. The fourth-order valence-corrected chi connectivity index (χ4v) is 2.29. The van der Waals surface area contributed by atoms with Crippen molar-refractivity contribution in [1.29, 1.82) is 0 Å². The van der Waals surface area contributed by atoms with Crippen molar-refractivity contribution >= 4 is 16.7 Å². The number of nitrogens with two attached hydrogens (primary N) is 2. The van der Waals surface area contributed by atoms with Gasteiger partial charge in [-0.15, -0.1) is 0 Å². The highest BCUT2D eigenvalue weighted by Gasteiger charge is 2.16. The fraction of sp³-hybridized carbons (Fsp3) is 0.353. The number of fused-ring (bicyclic) bond motifs is 1. The molecule has 0 saturated carbocycles. The Morgan fingerprint density at radius 2 is 1.95 bits per heavy atom. The molecule has 0 heterocycles. The lowest BCUT2D eigenvalue weighted by atomic mass is 9.97. The van der Waals surface area contributed by atoms with Gasteiger partial charge in [-0.3, -0.25) is 4.79 Å². The smallest absolute Gasteiger partial charge is 0.258 e. The van der Waals surface area contributed by atoms with Gasteiger partial charge in [-0.1, -0.05) is 37.3 Å². The van der Waals surface area contributed by atoms with Crippen molar-refractivity contribution in [2.75, 3.05) is 0 Å². The Balaban J connectivity index is 2.47. The van der Waals surface area contributed by atoms with E-state index in [4.69, 9.17) is 16.2 Å². The standard InChI is InChI=1S/C17H22N2O2/c1-3-13(18)10-15-14-7-5-4-6-12(14)8-9-16(15)21-11(2)17(19)20/h4-9,11,13H,3,10,18H2,1-2H3,(H2,19,20). The molecule has 4 N–H and O–H groups in total. The number of hydrogen-bond acceptors (Lipinski definition) is 3. The third-order valence-electron chi connectivity index (χ3n) is 3.69. The van der Waals surface area contributed by atoms with Gasteiger partial charge in [0.1, 0.15) is 5.75 Å². The van der Waals surface area contributed by atoms with E-state index in [-0.39, 0.29) is 6.04 Å².